The number of aryl methyl sites for hydroxylation is 1. The topological polar surface area (TPSA) is 0 Å². The van der Waals surface area contributed by atoms with E-state index in [0.29, 0.717) is 0 Å². The predicted octanol–water partition coefficient (Wildman–Crippen LogP) is 4.55. The van der Waals surface area contributed by atoms with E-state index in [2.05, 4.69) is 52.8 Å². The van der Waals surface area contributed by atoms with Crippen LogP contribution in [0.5, 0.6) is 0 Å². The van der Waals surface area contributed by atoms with Gasteiger partial charge in [-0.05, 0) is 29.2 Å². The lowest BCUT2D eigenvalue weighted by Gasteiger charge is -2.20. The van der Waals surface area contributed by atoms with Gasteiger partial charge in [0.15, 0.2) is 0 Å². The third kappa shape index (κ3) is 3.90. The summed E-state index contributed by atoms with van der Waals surface area (Å²) in [7, 11) is 0. The van der Waals surface area contributed by atoms with Crippen molar-refractivity contribution in [1.29, 1.82) is 0 Å². The fourth-order valence-electron chi connectivity index (χ4n) is 1.60. The molecule has 0 aromatic heterocycles. The average Bonchev–Trinajstić information content (AvgIpc) is 2.12. The van der Waals surface area contributed by atoms with E-state index >= 15 is 0 Å². The maximum atomic E-state index is 2.36. The average molecular weight is 222 g/mol. The highest BCUT2D eigenvalue weighted by Crippen LogP contribution is 2.25. The van der Waals surface area contributed by atoms with Crippen LogP contribution in [0.15, 0.2) is 18.2 Å². The molecule has 0 fully saturated rings. The van der Waals surface area contributed by atoms with Crippen molar-refractivity contribution in [2.24, 2.45) is 0 Å². The summed E-state index contributed by atoms with van der Waals surface area (Å²) in [5.41, 5.74) is 4.56. The molecular weight excluding hydrogens is 200 g/mol. The van der Waals surface area contributed by atoms with E-state index in [9.17, 15) is 0 Å². The summed E-state index contributed by atoms with van der Waals surface area (Å²) in [4.78, 5) is 0. The molecule has 0 aliphatic carbocycles. The maximum absolute atomic E-state index is 2.36. The fraction of sp³-hybridized carbons (Fsp3) is 0.571. The number of rotatable bonds is 3. The van der Waals surface area contributed by atoms with Crippen molar-refractivity contribution in [3.8, 4) is 0 Å². The molecule has 0 heterocycles. The quantitative estimate of drug-likeness (QED) is 0.723. The molecule has 0 bridgehead atoms. The van der Waals surface area contributed by atoms with Crippen LogP contribution < -0.4 is 0 Å². The second-order valence-electron chi connectivity index (χ2n) is 5.09. The zero-order chi connectivity index (χ0) is 11.5. The van der Waals surface area contributed by atoms with E-state index in [1.165, 1.54) is 22.4 Å². The van der Waals surface area contributed by atoms with E-state index in [0.717, 1.165) is 5.75 Å². The zero-order valence-corrected chi connectivity index (χ0v) is 11.4. The SMILES string of the molecule is CCSCc1cc(C)cc(C(C)(C)C)c1. The van der Waals surface area contributed by atoms with Gasteiger partial charge in [0, 0.05) is 5.75 Å². The first-order chi connectivity index (χ1) is 6.93. The number of hydrogen-bond acceptors (Lipinski definition) is 1. The number of hydrogen-bond donors (Lipinski definition) is 0. The smallest absolute Gasteiger partial charge is 0.0184 e. The van der Waals surface area contributed by atoms with Crippen LogP contribution in [0.1, 0.15) is 44.4 Å². The molecule has 0 saturated heterocycles. The second-order valence-corrected chi connectivity index (χ2v) is 6.37. The summed E-state index contributed by atoms with van der Waals surface area (Å²) in [6.07, 6.45) is 0. The standard InChI is InChI=1S/C14H22S/c1-6-15-10-12-7-11(2)8-13(9-12)14(3,4)5/h7-9H,6,10H2,1-5H3. The third-order valence-electron chi connectivity index (χ3n) is 2.48. The predicted molar refractivity (Wildman–Crippen MR) is 71.7 cm³/mol. The highest BCUT2D eigenvalue weighted by atomic mass is 32.2. The molecular formula is C14H22S. The normalized spacial score (nSPS) is 11.8. The van der Waals surface area contributed by atoms with Gasteiger partial charge in [-0.15, -0.1) is 0 Å². The molecule has 15 heavy (non-hydrogen) atoms. The van der Waals surface area contributed by atoms with Crippen LogP contribution in [0.4, 0.5) is 0 Å². The van der Waals surface area contributed by atoms with Crippen LogP contribution in [0.25, 0.3) is 0 Å². The molecule has 0 radical (unpaired) electrons. The van der Waals surface area contributed by atoms with Crippen LogP contribution in [0, 0.1) is 6.92 Å². The van der Waals surface area contributed by atoms with E-state index in [1.54, 1.807) is 0 Å². The van der Waals surface area contributed by atoms with Gasteiger partial charge in [-0.3, -0.25) is 0 Å². The summed E-state index contributed by atoms with van der Waals surface area (Å²) in [6, 6.07) is 6.97. The summed E-state index contributed by atoms with van der Waals surface area (Å²) >= 11 is 1.99. The first kappa shape index (κ1) is 12.6. The van der Waals surface area contributed by atoms with Gasteiger partial charge in [0.1, 0.15) is 0 Å². The van der Waals surface area contributed by atoms with Crippen molar-refractivity contribution in [2.75, 3.05) is 5.75 Å². The van der Waals surface area contributed by atoms with E-state index in [4.69, 9.17) is 0 Å². The summed E-state index contributed by atoms with van der Waals surface area (Å²) < 4.78 is 0. The van der Waals surface area contributed by atoms with Crippen LogP contribution in [-0.2, 0) is 11.2 Å². The first-order valence-corrected chi connectivity index (χ1v) is 6.77. The lowest BCUT2D eigenvalue weighted by molar-refractivity contribution is 0.589. The molecule has 0 aliphatic rings. The molecule has 0 atom stereocenters. The summed E-state index contributed by atoms with van der Waals surface area (Å²) in [6.45, 7) is 11.2. The van der Waals surface area contributed by atoms with Crippen molar-refractivity contribution >= 4 is 11.8 Å². The minimum atomic E-state index is 0.262. The Labute approximate surface area is 98.5 Å². The van der Waals surface area contributed by atoms with Crippen molar-refractivity contribution in [1.82, 2.24) is 0 Å². The van der Waals surface area contributed by atoms with Gasteiger partial charge in [-0.1, -0.05) is 51.5 Å². The Hall–Kier alpha value is -0.430. The Bertz CT molecular complexity index is 321. The second kappa shape index (κ2) is 5.07. The molecule has 1 heteroatoms. The molecule has 0 unspecified atom stereocenters. The largest absolute Gasteiger partial charge is 0.157 e. The van der Waals surface area contributed by atoms with Crippen molar-refractivity contribution in [3.05, 3.63) is 34.9 Å². The molecule has 1 rings (SSSR count). The van der Waals surface area contributed by atoms with Crippen LogP contribution >= 0.6 is 11.8 Å². The fourth-order valence-corrected chi connectivity index (χ4v) is 2.21. The Morgan fingerprint density at radius 2 is 1.80 bits per heavy atom. The van der Waals surface area contributed by atoms with Gasteiger partial charge in [0.25, 0.3) is 0 Å². The lowest BCUT2D eigenvalue weighted by Crippen LogP contribution is -2.11. The van der Waals surface area contributed by atoms with Crippen molar-refractivity contribution in [3.63, 3.8) is 0 Å². The minimum absolute atomic E-state index is 0.262. The molecule has 0 N–H and O–H groups in total. The molecule has 0 spiro atoms. The number of thioether (sulfide) groups is 1. The Balaban J connectivity index is 2.95. The van der Waals surface area contributed by atoms with Gasteiger partial charge in [0.05, 0.1) is 0 Å². The Morgan fingerprint density at radius 3 is 2.33 bits per heavy atom. The van der Waals surface area contributed by atoms with Crippen molar-refractivity contribution < 1.29 is 0 Å². The van der Waals surface area contributed by atoms with E-state index in [-0.39, 0.29) is 5.41 Å². The molecule has 84 valence electrons. The Morgan fingerprint density at radius 1 is 1.13 bits per heavy atom. The molecule has 1 aromatic carbocycles. The molecule has 0 saturated carbocycles. The third-order valence-corrected chi connectivity index (χ3v) is 3.42. The number of benzene rings is 1. The highest BCUT2D eigenvalue weighted by Gasteiger charge is 2.14. The first-order valence-electron chi connectivity index (χ1n) is 5.62. The van der Waals surface area contributed by atoms with Crippen LogP contribution in [0.2, 0.25) is 0 Å². The molecule has 0 aliphatic heterocycles. The van der Waals surface area contributed by atoms with Gasteiger partial charge < -0.3 is 0 Å². The van der Waals surface area contributed by atoms with Crippen LogP contribution in [0.3, 0.4) is 0 Å². The van der Waals surface area contributed by atoms with Gasteiger partial charge >= 0.3 is 0 Å². The molecule has 1 aromatic rings. The maximum Gasteiger partial charge on any atom is 0.0184 e. The zero-order valence-electron chi connectivity index (χ0n) is 10.6. The van der Waals surface area contributed by atoms with Gasteiger partial charge in [0.2, 0.25) is 0 Å². The minimum Gasteiger partial charge on any atom is -0.157 e. The van der Waals surface area contributed by atoms with Crippen LogP contribution in [-0.4, -0.2) is 5.75 Å². The summed E-state index contributed by atoms with van der Waals surface area (Å²) in [5.74, 6) is 2.33. The highest BCUT2D eigenvalue weighted by molar-refractivity contribution is 7.98. The van der Waals surface area contributed by atoms with Gasteiger partial charge in [-0.2, -0.15) is 11.8 Å². The molecule has 0 amide bonds. The molecule has 0 nitrogen and oxygen atoms in total. The van der Waals surface area contributed by atoms with Gasteiger partial charge in [-0.25, -0.2) is 0 Å². The lowest BCUT2D eigenvalue weighted by atomic mass is 9.85. The Kier molecular flexibility index (Phi) is 4.27. The van der Waals surface area contributed by atoms with Crippen molar-refractivity contribution in [2.45, 2.75) is 45.8 Å². The monoisotopic (exact) mass is 222 g/mol. The van der Waals surface area contributed by atoms with E-state index in [1.807, 2.05) is 11.8 Å². The van der Waals surface area contributed by atoms with E-state index < -0.39 is 0 Å². The summed E-state index contributed by atoms with van der Waals surface area (Å²) in [5, 5.41) is 0.